The minimum Gasteiger partial charge on any atom is -0.509 e. The molecule has 0 spiro atoms. The van der Waals surface area contributed by atoms with Crippen LogP contribution in [0, 0.1) is 18.8 Å². The standard InChI is InChI=1S/C68H63N4O.Pt/c1-65(2,3)50-29-34-61-63(41-50)70(45-71(61)55-38-47(46-21-14-11-15-22-46)37-53(39-55)68(9,10)49-25-18-13-19-26-49)54-27-20-28-56(43-54)73-57-31-32-58-59-40-52(67(7,8)48-23-16-12-17-24-48)30-33-60(59)72(62(58)44-57)64-42-51(35-36-69-64)66(4,5)6;/h11-42,45H,1-10H3;/q-3;. The van der Waals surface area contributed by atoms with E-state index in [0.717, 1.165) is 50.4 Å². The molecule has 0 radical (unpaired) electrons. The molecule has 0 fully saturated rings. The Labute approximate surface area is 452 Å². The van der Waals surface area contributed by atoms with Gasteiger partial charge in [-0.1, -0.05) is 190 Å². The second-order valence-electron chi connectivity index (χ2n) is 22.7. The molecule has 0 N–H and O–H groups in total. The van der Waals surface area contributed by atoms with Crippen molar-refractivity contribution in [3.63, 3.8) is 0 Å². The van der Waals surface area contributed by atoms with E-state index in [1.54, 1.807) is 0 Å². The maximum atomic E-state index is 6.83. The van der Waals surface area contributed by atoms with Gasteiger partial charge in [-0.3, -0.25) is 0 Å². The number of hydrogen-bond acceptors (Lipinski definition) is 4. The fourth-order valence-corrected chi connectivity index (χ4v) is 10.3. The third-order valence-corrected chi connectivity index (χ3v) is 15.1. The van der Waals surface area contributed by atoms with Gasteiger partial charge in [0.15, 0.2) is 0 Å². The summed E-state index contributed by atoms with van der Waals surface area (Å²) in [5, 5.41) is 2.22. The first-order chi connectivity index (χ1) is 34.9. The molecule has 0 atom stereocenters. The maximum absolute atomic E-state index is 6.83. The number of anilines is 4. The van der Waals surface area contributed by atoms with Gasteiger partial charge in [0.25, 0.3) is 0 Å². The van der Waals surface area contributed by atoms with Crippen LogP contribution in [0.2, 0.25) is 0 Å². The van der Waals surface area contributed by atoms with Crippen LogP contribution >= 0.6 is 0 Å². The van der Waals surface area contributed by atoms with Gasteiger partial charge in [0.05, 0.1) is 0 Å². The molecular formula is C68H63N4OPt-3. The smallest absolute Gasteiger partial charge is 0.135 e. The second kappa shape index (κ2) is 19.3. The molecule has 0 saturated heterocycles. The van der Waals surface area contributed by atoms with Crippen molar-refractivity contribution < 1.29 is 25.8 Å². The van der Waals surface area contributed by atoms with Crippen molar-refractivity contribution in [3.05, 3.63) is 246 Å². The van der Waals surface area contributed by atoms with Crippen molar-refractivity contribution >= 4 is 44.6 Å². The Hall–Kier alpha value is -7.20. The third-order valence-electron chi connectivity index (χ3n) is 15.1. The summed E-state index contributed by atoms with van der Waals surface area (Å²) in [7, 11) is 0. The molecule has 1 aliphatic rings. The summed E-state index contributed by atoms with van der Waals surface area (Å²) < 4.78 is 9.06. The number of ether oxygens (including phenoxy) is 1. The topological polar surface area (TPSA) is 33.5 Å². The van der Waals surface area contributed by atoms with Gasteiger partial charge in [-0.05, 0) is 103 Å². The molecule has 8 aromatic carbocycles. The van der Waals surface area contributed by atoms with Crippen molar-refractivity contribution in [1.82, 2.24) is 9.55 Å². The van der Waals surface area contributed by atoms with Gasteiger partial charge in [-0.15, -0.1) is 48.1 Å². The second-order valence-corrected chi connectivity index (χ2v) is 22.7. The van der Waals surface area contributed by atoms with Gasteiger partial charge in [-0.2, -0.15) is 12.1 Å². The van der Waals surface area contributed by atoms with Crippen molar-refractivity contribution in [1.29, 1.82) is 0 Å². The molecule has 0 amide bonds. The Morgan fingerprint density at radius 2 is 1.07 bits per heavy atom. The Bertz CT molecular complexity index is 3660. The third kappa shape index (κ3) is 9.37. The largest absolute Gasteiger partial charge is 0.509 e. The van der Waals surface area contributed by atoms with Crippen molar-refractivity contribution in [2.75, 3.05) is 9.80 Å². The van der Waals surface area contributed by atoms with Crippen molar-refractivity contribution in [2.45, 2.75) is 90.9 Å². The minimum absolute atomic E-state index is 0. The van der Waals surface area contributed by atoms with E-state index in [2.05, 4.69) is 278 Å². The summed E-state index contributed by atoms with van der Waals surface area (Å²) >= 11 is 0. The van der Waals surface area contributed by atoms with Crippen LogP contribution in [0.3, 0.4) is 0 Å². The zero-order chi connectivity index (χ0) is 50.9. The van der Waals surface area contributed by atoms with Crippen LogP contribution < -0.4 is 14.5 Å². The van der Waals surface area contributed by atoms with Gasteiger partial charge in [0.2, 0.25) is 0 Å². The number of hydrogen-bond donors (Lipinski definition) is 0. The zero-order valence-corrected chi connectivity index (χ0v) is 46.3. The summed E-state index contributed by atoms with van der Waals surface area (Å²) in [6.07, 6.45) is 1.92. The van der Waals surface area contributed by atoms with Crippen LogP contribution in [-0.4, -0.2) is 9.55 Å². The summed E-state index contributed by atoms with van der Waals surface area (Å²) in [5.74, 6) is 2.03. The van der Waals surface area contributed by atoms with E-state index in [0.29, 0.717) is 11.5 Å². The minimum atomic E-state index is -0.262. The maximum Gasteiger partial charge on any atom is 0.135 e. The Kier molecular flexibility index (Phi) is 13.1. The number of rotatable bonds is 10. The first-order valence-corrected chi connectivity index (χ1v) is 25.5. The van der Waals surface area contributed by atoms with E-state index in [9.17, 15) is 0 Å². The van der Waals surface area contributed by atoms with E-state index in [1.807, 2.05) is 18.3 Å². The number of aromatic nitrogens is 2. The van der Waals surface area contributed by atoms with Gasteiger partial charge in [0, 0.05) is 72.2 Å². The number of pyridine rings is 1. The fraction of sp³-hybridized carbons (Fsp3) is 0.206. The Morgan fingerprint density at radius 3 is 1.74 bits per heavy atom. The van der Waals surface area contributed by atoms with Gasteiger partial charge < -0.3 is 19.1 Å². The summed E-state index contributed by atoms with van der Waals surface area (Å²) in [4.78, 5) is 9.57. The van der Waals surface area contributed by atoms with Crippen LogP contribution in [0.5, 0.6) is 11.5 Å². The SMILES string of the molecule is CC(C)(C)c1ccnc(-n2c3[c-]c(Oc4[c-]c(N5[CH-]N(c6cc(-c7ccccc7)cc(C(C)(C)c7ccccc7)c6)c6ccc(C(C)(C)C)cc65)ccc4)ccc3c3cc(C(C)(C)c4ccccc4)ccc32)c1.[Pt]. The Morgan fingerprint density at radius 1 is 0.446 bits per heavy atom. The van der Waals surface area contributed by atoms with Gasteiger partial charge in [-0.25, -0.2) is 4.98 Å². The number of nitrogens with zero attached hydrogens (tertiary/aromatic N) is 4. The molecular weight excluding hydrogens is 1080 g/mol. The zero-order valence-electron chi connectivity index (χ0n) is 44.1. The van der Waals surface area contributed by atoms with Crippen LogP contribution in [0.15, 0.2) is 194 Å². The molecule has 6 heteroatoms. The van der Waals surface area contributed by atoms with Gasteiger partial charge >= 0.3 is 0 Å². The van der Waals surface area contributed by atoms with Crippen LogP contribution in [0.1, 0.15) is 103 Å². The normalized spacial score (nSPS) is 13.1. The molecule has 1 aliphatic heterocycles. The van der Waals surface area contributed by atoms with Crippen molar-refractivity contribution in [3.8, 4) is 28.4 Å². The molecule has 2 aromatic heterocycles. The molecule has 0 unspecified atom stereocenters. The molecule has 3 heterocycles. The van der Waals surface area contributed by atoms with Crippen molar-refractivity contribution in [2.24, 2.45) is 0 Å². The van der Waals surface area contributed by atoms with E-state index >= 15 is 0 Å². The predicted octanol–water partition coefficient (Wildman–Crippen LogP) is 17.9. The summed E-state index contributed by atoms with van der Waals surface area (Å²) in [6.45, 7) is 25.0. The summed E-state index contributed by atoms with van der Waals surface area (Å²) in [5.41, 5.74) is 15.3. The van der Waals surface area contributed by atoms with E-state index in [4.69, 9.17) is 9.72 Å². The quantitative estimate of drug-likeness (QED) is 0.128. The Balaban J connectivity index is 0.00000626. The number of benzene rings is 8. The average molecular weight is 1150 g/mol. The van der Waals surface area contributed by atoms with Crippen LogP contribution in [0.4, 0.5) is 22.7 Å². The number of fused-ring (bicyclic) bond motifs is 4. The molecule has 5 nitrogen and oxygen atoms in total. The van der Waals surface area contributed by atoms with E-state index in [1.165, 1.54) is 44.5 Å². The molecule has 11 rings (SSSR count). The molecule has 0 aliphatic carbocycles. The molecule has 0 bridgehead atoms. The molecule has 374 valence electrons. The molecule has 10 aromatic rings. The van der Waals surface area contributed by atoms with Crippen LogP contribution in [-0.2, 0) is 42.7 Å². The van der Waals surface area contributed by atoms with E-state index in [-0.39, 0.29) is 42.7 Å². The average Bonchev–Trinajstić information content (AvgIpc) is 3.94. The molecule has 74 heavy (non-hydrogen) atoms. The first kappa shape index (κ1) is 50.3. The van der Waals surface area contributed by atoms with Crippen LogP contribution in [0.25, 0.3) is 38.8 Å². The molecule has 0 saturated carbocycles. The fourth-order valence-electron chi connectivity index (χ4n) is 10.3. The van der Waals surface area contributed by atoms with Gasteiger partial charge in [0.1, 0.15) is 5.82 Å². The van der Waals surface area contributed by atoms with E-state index < -0.39 is 0 Å². The first-order valence-electron chi connectivity index (χ1n) is 25.5. The predicted molar refractivity (Wildman–Crippen MR) is 304 cm³/mol. The summed E-state index contributed by atoms with van der Waals surface area (Å²) in [6, 6.07) is 75.1. The monoisotopic (exact) mass is 1150 g/mol.